The van der Waals surface area contributed by atoms with Gasteiger partial charge >= 0.3 is 0 Å². The van der Waals surface area contributed by atoms with Crippen molar-refractivity contribution in [2.75, 3.05) is 6.54 Å². The van der Waals surface area contributed by atoms with Gasteiger partial charge in [-0.05, 0) is 29.1 Å². The highest BCUT2D eigenvalue weighted by molar-refractivity contribution is 5.32. The summed E-state index contributed by atoms with van der Waals surface area (Å²) in [5, 5.41) is 31.7. The molecule has 0 radical (unpaired) electrons. The van der Waals surface area contributed by atoms with E-state index in [0.29, 0.717) is 11.1 Å². The van der Waals surface area contributed by atoms with Crippen molar-refractivity contribution in [3.8, 4) is 0 Å². The Balaban J connectivity index is 2.88. The number of nitrogens with zero attached hydrogens (tertiary/aromatic N) is 3. The molecule has 92 valence electrons. The monoisotopic (exact) mass is 237 g/mol. The smallest absolute Gasteiger partial charge is 0.105 e. The summed E-state index contributed by atoms with van der Waals surface area (Å²) in [4.78, 5) is 2.51. The van der Waals surface area contributed by atoms with Crippen LogP contribution in [0.15, 0.2) is 23.3 Å². The van der Waals surface area contributed by atoms with Gasteiger partial charge < -0.3 is 15.3 Å². The van der Waals surface area contributed by atoms with Crippen LogP contribution in [0.5, 0.6) is 0 Å². The summed E-state index contributed by atoms with van der Waals surface area (Å²) in [6, 6.07) is 5.04. The molecule has 0 spiro atoms. The minimum atomic E-state index is -1.15. The van der Waals surface area contributed by atoms with Gasteiger partial charge in [-0.15, -0.1) is 0 Å². The van der Waals surface area contributed by atoms with Crippen LogP contribution >= 0.6 is 0 Å². The average Bonchev–Trinajstić information content (AvgIpc) is 2.35. The molecule has 0 aliphatic heterocycles. The van der Waals surface area contributed by atoms with E-state index in [-0.39, 0.29) is 13.2 Å². The molecule has 1 rings (SSSR count). The number of aliphatic hydroxyl groups excluding tert-OH is 3. The Hall–Kier alpha value is -1.59. The normalized spacial score (nSPS) is 13.9. The highest BCUT2D eigenvalue weighted by Gasteiger charge is 2.18. The van der Waals surface area contributed by atoms with E-state index in [1.165, 1.54) is 0 Å². The van der Waals surface area contributed by atoms with E-state index in [1.807, 2.05) is 6.92 Å². The average molecular weight is 237 g/mol. The minimum Gasteiger partial charge on any atom is -0.392 e. The fourth-order valence-corrected chi connectivity index (χ4v) is 1.49. The largest absolute Gasteiger partial charge is 0.392 e. The molecule has 6 nitrogen and oxygen atoms in total. The van der Waals surface area contributed by atoms with Crippen molar-refractivity contribution in [3.05, 3.63) is 45.3 Å². The third-order valence-electron chi connectivity index (χ3n) is 2.58. The lowest BCUT2D eigenvalue weighted by Gasteiger charge is -2.17. The molecule has 0 amide bonds. The maximum absolute atomic E-state index is 9.81. The Labute approximate surface area is 98.8 Å². The molecule has 17 heavy (non-hydrogen) atoms. The van der Waals surface area contributed by atoms with Gasteiger partial charge in [-0.1, -0.05) is 23.3 Å². The molecule has 0 fully saturated rings. The third kappa shape index (κ3) is 3.44. The number of hydrogen-bond donors (Lipinski definition) is 3. The zero-order chi connectivity index (χ0) is 12.8. The van der Waals surface area contributed by atoms with E-state index < -0.39 is 12.2 Å². The number of azide groups is 1. The number of aliphatic hydroxyl groups is 3. The molecule has 0 aliphatic rings. The first-order valence-corrected chi connectivity index (χ1v) is 5.17. The zero-order valence-electron chi connectivity index (χ0n) is 9.48. The van der Waals surface area contributed by atoms with Gasteiger partial charge in [-0.3, -0.25) is 0 Å². The summed E-state index contributed by atoms with van der Waals surface area (Å²) < 4.78 is 0. The maximum atomic E-state index is 9.81. The first kappa shape index (κ1) is 13.5. The fraction of sp³-hybridized carbons (Fsp3) is 0.455. The molecule has 1 aromatic carbocycles. The van der Waals surface area contributed by atoms with E-state index in [2.05, 4.69) is 10.0 Å². The minimum absolute atomic E-state index is 0.126. The van der Waals surface area contributed by atoms with Crippen LogP contribution < -0.4 is 0 Å². The molecular weight excluding hydrogens is 222 g/mol. The number of benzene rings is 1. The Kier molecular flexibility index (Phi) is 4.93. The summed E-state index contributed by atoms with van der Waals surface area (Å²) >= 11 is 0. The van der Waals surface area contributed by atoms with Gasteiger partial charge in [-0.2, -0.15) is 0 Å². The van der Waals surface area contributed by atoms with Gasteiger partial charge in [0.1, 0.15) is 6.10 Å². The Morgan fingerprint density at radius 2 is 2.12 bits per heavy atom. The van der Waals surface area contributed by atoms with Crippen LogP contribution in [0.4, 0.5) is 0 Å². The lowest BCUT2D eigenvalue weighted by atomic mass is 9.99. The van der Waals surface area contributed by atoms with Gasteiger partial charge in [0.15, 0.2) is 0 Å². The zero-order valence-corrected chi connectivity index (χ0v) is 9.48. The molecule has 0 aromatic heterocycles. The van der Waals surface area contributed by atoms with Crippen LogP contribution in [0.25, 0.3) is 10.4 Å². The molecule has 2 atom stereocenters. The summed E-state index contributed by atoms with van der Waals surface area (Å²) in [7, 11) is 0. The summed E-state index contributed by atoms with van der Waals surface area (Å²) in [6.45, 7) is 1.52. The van der Waals surface area contributed by atoms with Crippen LogP contribution in [0, 0.1) is 6.92 Å². The first-order valence-electron chi connectivity index (χ1n) is 5.17. The number of hydrogen-bond acceptors (Lipinski definition) is 4. The predicted octanol–water partition coefficient (Wildman–Crippen LogP) is 1.19. The van der Waals surface area contributed by atoms with Gasteiger partial charge in [-0.25, -0.2) is 0 Å². The van der Waals surface area contributed by atoms with Crippen molar-refractivity contribution in [1.29, 1.82) is 0 Å². The molecule has 0 bridgehead atoms. The quantitative estimate of drug-likeness (QED) is 0.406. The summed E-state index contributed by atoms with van der Waals surface area (Å²) in [5.74, 6) is 0. The van der Waals surface area contributed by atoms with Crippen molar-refractivity contribution < 1.29 is 15.3 Å². The first-order chi connectivity index (χ1) is 8.10. The molecule has 2 unspecified atom stereocenters. The Morgan fingerprint density at radius 1 is 1.41 bits per heavy atom. The van der Waals surface area contributed by atoms with E-state index in [1.54, 1.807) is 18.2 Å². The molecule has 0 aliphatic carbocycles. The highest BCUT2D eigenvalue weighted by Crippen LogP contribution is 2.20. The second-order valence-corrected chi connectivity index (χ2v) is 3.77. The van der Waals surface area contributed by atoms with Gasteiger partial charge in [0, 0.05) is 4.91 Å². The molecule has 0 heterocycles. The molecule has 6 heteroatoms. The summed E-state index contributed by atoms with van der Waals surface area (Å²) in [6.07, 6.45) is -2.29. The van der Waals surface area contributed by atoms with Crippen molar-refractivity contribution in [2.45, 2.75) is 25.7 Å². The van der Waals surface area contributed by atoms with Gasteiger partial charge in [0.25, 0.3) is 0 Å². The van der Waals surface area contributed by atoms with Crippen molar-refractivity contribution in [2.24, 2.45) is 5.11 Å². The van der Waals surface area contributed by atoms with Crippen LogP contribution in [-0.4, -0.2) is 28.0 Å². The van der Waals surface area contributed by atoms with Gasteiger partial charge in [0.2, 0.25) is 0 Å². The lowest BCUT2D eigenvalue weighted by Crippen LogP contribution is -2.21. The van der Waals surface area contributed by atoms with Crippen LogP contribution in [0.1, 0.15) is 22.8 Å². The van der Waals surface area contributed by atoms with E-state index in [4.69, 9.17) is 10.6 Å². The molecule has 0 saturated heterocycles. The van der Waals surface area contributed by atoms with Crippen molar-refractivity contribution in [3.63, 3.8) is 0 Å². The lowest BCUT2D eigenvalue weighted by molar-refractivity contribution is 0.0243. The van der Waals surface area contributed by atoms with E-state index >= 15 is 0 Å². The second kappa shape index (κ2) is 6.22. The number of rotatable bonds is 5. The van der Waals surface area contributed by atoms with Crippen molar-refractivity contribution in [1.82, 2.24) is 0 Å². The van der Waals surface area contributed by atoms with Crippen LogP contribution in [0.3, 0.4) is 0 Å². The predicted molar refractivity (Wildman–Crippen MR) is 62.1 cm³/mol. The Bertz CT molecular complexity index is 430. The van der Waals surface area contributed by atoms with E-state index in [9.17, 15) is 10.2 Å². The Morgan fingerprint density at radius 3 is 2.71 bits per heavy atom. The second-order valence-electron chi connectivity index (χ2n) is 3.77. The van der Waals surface area contributed by atoms with Gasteiger partial charge in [0.05, 0.1) is 19.3 Å². The number of aryl methyl sites for hydroxylation is 1. The van der Waals surface area contributed by atoms with Crippen LogP contribution in [0.2, 0.25) is 0 Å². The van der Waals surface area contributed by atoms with Crippen molar-refractivity contribution >= 4 is 0 Å². The third-order valence-corrected chi connectivity index (χ3v) is 2.58. The van der Waals surface area contributed by atoms with E-state index in [0.717, 1.165) is 5.56 Å². The fourth-order valence-electron chi connectivity index (χ4n) is 1.49. The molecule has 3 N–H and O–H groups in total. The molecule has 1 aromatic rings. The standard InChI is InChI=1S/C11H15N3O3/c1-7-2-3-8(4-9(7)6-15)11(17)10(16)5-13-14-12/h2-4,10-11,15-17H,5-6H2,1H3. The summed E-state index contributed by atoms with van der Waals surface area (Å²) in [5.41, 5.74) is 10.2. The topological polar surface area (TPSA) is 109 Å². The SMILES string of the molecule is Cc1ccc(C(O)C(O)CN=[N+]=[N-])cc1CO. The van der Waals surface area contributed by atoms with Crippen LogP contribution in [-0.2, 0) is 6.61 Å². The highest BCUT2D eigenvalue weighted by atomic mass is 16.3. The molecular formula is C11H15N3O3. The maximum Gasteiger partial charge on any atom is 0.105 e. The molecule has 0 saturated carbocycles.